The summed E-state index contributed by atoms with van der Waals surface area (Å²) in [6, 6.07) is 0. The molecule has 0 bridgehead atoms. The van der Waals surface area contributed by atoms with Crippen molar-refractivity contribution in [2.75, 3.05) is 6.61 Å². The van der Waals surface area contributed by atoms with Crippen LogP contribution < -0.4 is 0 Å². The van der Waals surface area contributed by atoms with Crippen LogP contribution in [0.1, 0.15) is 26.2 Å². The molecule has 0 N–H and O–H groups in total. The first-order valence-corrected chi connectivity index (χ1v) is 6.37. The van der Waals surface area contributed by atoms with E-state index in [-0.39, 0.29) is 11.4 Å². The predicted molar refractivity (Wildman–Crippen MR) is 64.8 cm³/mol. The fourth-order valence-corrected chi connectivity index (χ4v) is 2.57. The van der Waals surface area contributed by atoms with Gasteiger partial charge in [-0.2, -0.15) is 4.68 Å². The molecular weight excluding hydrogens is 290 g/mol. The van der Waals surface area contributed by atoms with Crippen molar-refractivity contribution in [2.24, 2.45) is 0 Å². The molecule has 0 aliphatic heterocycles. The first kappa shape index (κ1) is 12.5. The standard InChI is InChI=1S/C10H14BrN3O3/c1-2-17-10(4-3-5-10)7-13-6-8(11)9(12-13)14(15)16/h6H,2-5,7H2,1H3. The maximum atomic E-state index is 10.7. The molecule has 1 aliphatic carbocycles. The summed E-state index contributed by atoms with van der Waals surface area (Å²) in [5, 5.41) is 14.6. The van der Waals surface area contributed by atoms with Crippen LogP contribution in [0.2, 0.25) is 0 Å². The van der Waals surface area contributed by atoms with Gasteiger partial charge in [0.1, 0.15) is 4.47 Å². The number of rotatable bonds is 5. The summed E-state index contributed by atoms with van der Waals surface area (Å²) in [6.45, 7) is 3.19. The first-order valence-electron chi connectivity index (χ1n) is 5.58. The van der Waals surface area contributed by atoms with E-state index in [1.165, 1.54) is 0 Å². The van der Waals surface area contributed by atoms with E-state index in [0.29, 0.717) is 17.6 Å². The zero-order chi connectivity index (χ0) is 12.5. The highest BCUT2D eigenvalue weighted by atomic mass is 79.9. The molecule has 1 aliphatic rings. The second-order valence-corrected chi connectivity index (χ2v) is 5.08. The highest BCUT2D eigenvalue weighted by Crippen LogP contribution is 2.37. The van der Waals surface area contributed by atoms with Crippen molar-refractivity contribution in [1.82, 2.24) is 9.78 Å². The van der Waals surface area contributed by atoms with Crippen LogP contribution in [0.15, 0.2) is 10.7 Å². The minimum absolute atomic E-state index is 0.143. The molecule has 0 amide bonds. The summed E-state index contributed by atoms with van der Waals surface area (Å²) in [5.74, 6) is -0.143. The predicted octanol–water partition coefficient (Wildman–Crippen LogP) is 2.51. The largest absolute Gasteiger partial charge is 0.404 e. The van der Waals surface area contributed by atoms with Crippen LogP contribution in [0.5, 0.6) is 0 Å². The first-order chi connectivity index (χ1) is 8.06. The highest BCUT2D eigenvalue weighted by molar-refractivity contribution is 9.10. The molecule has 0 spiro atoms. The number of hydrogen-bond acceptors (Lipinski definition) is 4. The number of aromatic nitrogens is 2. The molecule has 6 nitrogen and oxygen atoms in total. The van der Waals surface area contributed by atoms with Crippen LogP contribution in [0.4, 0.5) is 5.82 Å². The van der Waals surface area contributed by atoms with Gasteiger partial charge in [-0.25, -0.2) is 0 Å². The van der Waals surface area contributed by atoms with Gasteiger partial charge in [-0.3, -0.25) is 0 Å². The van der Waals surface area contributed by atoms with Crippen LogP contribution >= 0.6 is 15.9 Å². The Bertz CT molecular complexity index is 428. The Morgan fingerprint density at radius 3 is 2.82 bits per heavy atom. The van der Waals surface area contributed by atoms with Crippen molar-refractivity contribution >= 4 is 21.7 Å². The molecule has 0 unspecified atom stereocenters. The summed E-state index contributed by atoms with van der Waals surface area (Å²) in [6.07, 6.45) is 4.76. The lowest BCUT2D eigenvalue weighted by Crippen LogP contribution is -2.44. The molecule has 0 radical (unpaired) electrons. The summed E-state index contributed by atoms with van der Waals surface area (Å²) in [4.78, 5) is 10.2. The zero-order valence-corrected chi connectivity index (χ0v) is 11.1. The summed E-state index contributed by atoms with van der Waals surface area (Å²) >= 11 is 3.14. The van der Waals surface area contributed by atoms with E-state index in [2.05, 4.69) is 21.0 Å². The van der Waals surface area contributed by atoms with E-state index in [0.717, 1.165) is 19.3 Å². The monoisotopic (exact) mass is 303 g/mol. The minimum atomic E-state index is -0.491. The molecule has 94 valence electrons. The van der Waals surface area contributed by atoms with Gasteiger partial charge in [0.05, 0.1) is 23.4 Å². The normalized spacial score (nSPS) is 17.8. The number of nitro groups is 1. The Kier molecular flexibility index (Phi) is 3.48. The molecule has 1 aromatic heterocycles. The summed E-state index contributed by atoms with van der Waals surface area (Å²) in [7, 11) is 0. The molecule has 1 heterocycles. The molecule has 0 saturated heterocycles. The molecular formula is C10H14BrN3O3. The van der Waals surface area contributed by atoms with Crippen molar-refractivity contribution in [3.05, 3.63) is 20.8 Å². The summed E-state index contributed by atoms with van der Waals surface area (Å²) in [5.41, 5.74) is -0.173. The summed E-state index contributed by atoms with van der Waals surface area (Å²) < 4.78 is 7.74. The van der Waals surface area contributed by atoms with Gasteiger partial charge in [-0.1, -0.05) is 0 Å². The number of ether oxygens (including phenoxy) is 1. The van der Waals surface area contributed by atoms with Crippen LogP contribution in [-0.2, 0) is 11.3 Å². The third-order valence-electron chi connectivity index (χ3n) is 3.04. The molecule has 2 rings (SSSR count). The Morgan fingerprint density at radius 2 is 2.41 bits per heavy atom. The Morgan fingerprint density at radius 1 is 1.71 bits per heavy atom. The third kappa shape index (κ3) is 2.50. The average Bonchev–Trinajstić information content (AvgIpc) is 2.56. The smallest absolute Gasteiger partial charge is 0.373 e. The van der Waals surface area contributed by atoms with Gasteiger partial charge in [0.2, 0.25) is 0 Å². The van der Waals surface area contributed by atoms with Crippen molar-refractivity contribution in [3.63, 3.8) is 0 Å². The van der Waals surface area contributed by atoms with E-state index in [9.17, 15) is 10.1 Å². The van der Waals surface area contributed by atoms with Gasteiger partial charge in [0, 0.05) is 6.61 Å². The van der Waals surface area contributed by atoms with Gasteiger partial charge in [-0.05, 0) is 47.0 Å². The van der Waals surface area contributed by atoms with E-state index in [1.807, 2.05) is 6.92 Å². The van der Waals surface area contributed by atoms with E-state index < -0.39 is 4.92 Å². The van der Waals surface area contributed by atoms with Crippen molar-refractivity contribution in [3.8, 4) is 0 Å². The van der Waals surface area contributed by atoms with Crippen LogP contribution in [0, 0.1) is 10.1 Å². The Labute approximate surface area is 107 Å². The molecule has 1 aromatic rings. The lowest BCUT2D eigenvalue weighted by atomic mass is 9.80. The van der Waals surface area contributed by atoms with Gasteiger partial charge in [0.25, 0.3) is 0 Å². The Hall–Kier alpha value is -0.950. The molecule has 1 saturated carbocycles. The van der Waals surface area contributed by atoms with Crippen LogP contribution in [0.3, 0.4) is 0 Å². The van der Waals surface area contributed by atoms with Gasteiger partial charge < -0.3 is 14.9 Å². The fraction of sp³-hybridized carbons (Fsp3) is 0.700. The fourth-order valence-electron chi connectivity index (χ4n) is 2.11. The van der Waals surface area contributed by atoms with Crippen molar-refractivity contribution in [2.45, 2.75) is 38.3 Å². The molecule has 17 heavy (non-hydrogen) atoms. The lowest BCUT2D eigenvalue weighted by molar-refractivity contribution is -0.390. The molecule has 0 aromatic carbocycles. The molecule has 0 atom stereocenters. The van der Waals surface area contributed by atoms with Crippen molar-refractivity contribution < 1.29 is 9.66 Å². The maximum absolute atomic E-state index is 10.7. The van der Waals surface area contributed by atoms with E-state index >= 15 is 0 Å². The van der Waals surface area contributed by atoms with Crippen LogP contribution in [-0.4, -0.2) is 26.9 Å². The van der Waals surface area contributed by atoms with E-state index in [4.69, 9.17) is 4.74 Å². The van der Waals surface area contributed by atoms with Crippen molar-refractivity contribution in [1.29, 1.82) is 0 Å². The number of halogens is 1. The molecule has 1 fully saturated rings. The minimum Gasteiger partial charge on any atom is -0.373 e. The van der Waals surface area contributed by atoms with Gasteiger partial charge in [-0.15, -0.1) is 0 Å². The zero-order valence-electron chi connectivity index (χ0n) is 9.56. The van der Waals surface area contributed by atoms with Crippen LogP contribution in [0.25, 0.3) is 0 Å². The van der Waals surface area contributed by atoms with Gasteiger partial charge >= 0.3 is 5.82 Å². The lowest BCUT2D eigenvalue weighted by Gasteiger charge is -2.40. The maximum Gasteiger partial charge on any atom is 0.404 e. The second kappa shape index (κ2) is 4.73. The number of nitrogens with zero attached hydrogens (tertiary/aromatic N) is 3. The Balaban J connectivity index is 2.13. The van der Waals surface area contributed by atoms with E-state index in [1.54, 1.807) is 10.9 Å². The SMILES string of the molecule is CCOC1(Cn2cc(Br)c([N+](=O)[O-])n2)CCC1. The van der Waals surface area contributed by atoms with Gasteiger partial charge in [0.15, 0.2) is 0 Å². The third-order valence-corrected chi connectivity index (χ3v) is 3.60. The quantitative estimate of drug-likeness (QED) is 0.619. The average molecular weight is 304 g/mol. The molecule has 7 heteroatoms. The second-order valence-electron chi connectivity index (χ2n) is 4.22. The topological polar surface area (TPSA) is 70.2 Å². The highest BCUT2D eigenvalue weighted by Gasteiger charge is 2.39. The number of hydrogen-bond donors (Lipinski definition) is 0.